The molecule has 3 aliphatic heterocycles. The molecule has 0 saturated carbocycles. The summed E-state index contributed by atoms with van der Waals surface area (Å²) in [7, 11) is 0. The van der Waals surface area contributed by atoms with Gasteiger partial charge in [-0.15, -0.1) is 0 Å². The fourth-order valence-electron chi connectivity index (χ4n) is 3.75. The Bertz CT molecular complexity index is 614. The van der Waals surface area contributed by atoms with Crippen molar-refractivity contribution in [2.75, 3.05) is 26.3 Å². The van der Waals surface area contributed by atoms with E-state index in [1.807, 2.05) is 27.7 Å². The fraction of sp³-hybridized carbons (Fsp3) is 0.800. The van der Waals surface area contributed by atoms with Gasteiger partial charge >= 0.3 is 0 Å². The second-order valence-corrected chi connectivity index (χ2v) is 9.30. The minimum atomic E-state index is -1.05. The van der Waals surface area contributed by atoms with Gasteiger partial charge < -0.3 is 20.1 Å². The first-order valence-electron chi connectivity index (χ1n) is 10.0. The lowest BCUT2D eigenvalue weighted by atomic mass is 9.95. The summed E-state index contributed by atoms with van der Waals surface area (Å²) in [6, 6.07) is 0. The number of carbonyl (C=O) groups excluding carboxylic acids is 2. The van der Waals surface area contributed by atoms with E-state index >= 15 is 0 Å². The zero-order valence-corrected chi connectivity index (χ0v) is 17.3. The molecule has 0 aromatic rings. The Labute approximate surface area is 166 Å². The third-order valence-corrected chi connectivity index (χ3v) is 5.35. The number of hydrogen-bond acceptors (Lipinski definition) is 6. The van der Waals surface area contributed by atoms with Gasteiger partial charge in [-0.3, -0.25) is 19.6 Å². The van der Waals surface area contributed by atoms with Gasteiger partial charge in [-0.1, -0.05) is 0 Å². The van der Waals surface area contributed by atoms with E-state index in [1.54, 1.807) is 12.4 Å². The van der Waals surface area contributed by atoms with Crippen LogP contribution in [-0.2, 0) is 19.1 Å². The first-order valence-corrected chi connectivity index (χ1v) is 10.0. The predicted molar refractivity (Wildman–Crippen MR) is 107 cm³/mol. The molecule has 0 aromatic carbocycles. The van der Waals surface area contributed by atoms with Crippen molar-refractivity contribution in [3.8, 4) is 0 Å². The van der Waals surface area contributed by atoms with Crippen LogP contribution in [0.2, 0.25) is 0 Å². The minimum Gasteiger partial charge on any atom is -0.359 e. The molecule has 8 heteroatoms. The highest BCUT2D eigenvalue weighted by molar-refractivity contribution is 6.03. The highest BCUT2D eigenvalue weighted by Crippen LogP contribution is 2.27. The molecule has 3 rings (SSSR count). The van der Waals surface area contributed by atoms with E-state index in [-0.39, 0.29) is 11.8 Å². The van der Waals surface area contributed by atoms with Crippen LogP contribution in [0.1, 0.15) is 53.4 Å². The van der Waals surface area contributed by atoms with Crippen LogP contribution in [0.4, 0.5) is 0 Å². The van der Waals surface area contributed by atoms with Crippen molar-refractivity contribution in [2.24, 2.45) is 9.98 Å². The van der Waals surface area contributed by atoms with Crippen molar-refractivity contribution >= 4 is 24.2 Å². The van der Waals surface area contributed by atoms with Crippen LogP contribution < -0.4 is 10.6 Å². The predicted octanol–water partition coefficient (Wildman–Crippen LogP) is 1.03. The molecule has 0 aromatic heterocycles. The van der Waals surface area contributed by atoms with Gasteiger partial charge in [0.05, 0.1) is 24.2 Å². The molecule has 2 amide bonds. The maximum absolute atomic E-state index is 13.0. The average Bonchev–Trinajstić information content (AvgIpc) is 3.24. The summed E-state index contributed by atoms with van der Waals surface area (Å²) in [5, 5.41) is 6.09. The Hall–Kier alpha value is -1.80. The SMILES string of the molecule is CC1(C)CN=C[C@]2(CCCO2)C(=O)NC(C)(C)CN=C[C@@]2(CCCO2)C(=O)N1. The summed E-state index contributed by atoms with van der Waals surface area (Å²) >= 11 is 0. The molecule has 28 heavy (non-hydrogen) atoms. The van der Waals surface area contributed by atoms with Crippen molar-refractivity contribution in [3.63, 3.8) is 0 Å². The molecule has 8 nitrogen and oxygen atoms in total. The maximum Gasteiger partial charge on any atom is 0.258 e. The third kappa shape index (κ3) is 4.43. The van der Waals surface area contributed by atoms with Crippen LogP contribution in [0.25, 0.3) is 0 Å². The number of amides is 2. The minimum absolute atomic E-state index is 0.195. The van der Waals surface area contributed by atoms with Crippen molar-refractivity contribution in [1.29, 1.82) is 0 Å². The normalized spacial score (nSPS) is 35.7. The fourth-order valence-corrected chi connectivity index (χ4v) is 3.75. The molecule has 2 atom stereocenters. The molecule has 3 aliphatic rings. The lowest BCUT2D eigenvalue weighted by Gasteiger charge is -2.33. The largest absolute Gasteiger partial charge is 0.359 e. The van der Waals surface area contributed by atoms with Crippen LogP contribution in [0.15, 0.2) is 9.98 Å². The van der Waals surface area contributed by atoms with Crippen LogP contribution in [-0.4, -0.2) is 72.8 Å². The molecular weight excluding hydrogens is 360 g/mol. The van der Waals surface area contributed by atoms with Crippen molar-refractivity contribution in [2.45, 2.75) is 75.7 Å². The van der Waals surface area contributed by atoms with Gasteiger partial charge in [0.15, 0.2) is 11.2 Å². The second-order valence-electron chi connectivity index (χ2n) is 9.30. The van der Waals surface area contributed by atoms with Gasteiger partial charge in [0.1, 0.15) is 0 Å². The zero-order chi connectivity index (χ0) is 20.5. The number of nitrogens with zero attached hydrogens (tertiary/aromatic N) is 2. The van der Waals surface area contributed by atoms with Gasteiger partial charge in [0.25, 0.3) is 11.8 Å². The molecule has 0 radical (unpaired) electrons. The highest BCUT2D eigenvalue weighted by Gasteiger charge is 2.45. The standard InChI is InChI=1S/C20H32N4O4/c1-17(2)11-21-13-20(8-6-10-28-20)16(26)24-18(3,4)12-22-14-19(15(25)23-17)7-5-9-27-19/h13-14H,5-12H2,1-4H3,(H,23,25)(H,24,26)/t19-,20+. The van der Waals surface area contributed by atoms with Crippen LogP contribution in [0.5, 0.6) is 0 Å². The highest BCUT2D eigenvalue weighted by atomic mass is 16.5. The molecule has 2 saturated heterocycles. The van der Waals surface area contributed by atoms with Crippen molar-refractivity contribution < 1.29 is 19.1 Å². The lowest BCUT2D eigenvalue weighted by Crippen LogP contribution is -2.58. The molecule has 0 bridgehead atoms. The Morgan fingerprint density at radius 3 is 1.50 bits per heavy atom. The molecule has 2 N–H and O–H groups in total. The number of aliphatic imine (C=N–C) groups is 2. The molecule has 2 spiro atoms. The van der Waals surface area contributed by atoms with Crippen LogP contribution in [0.3, 0.4) is 0 Å². The van der Waals surface area contributed by atoms with Crippen LogP contribution in [0, 0.1) is 0 Å². The molecular formula is C20H32N4O4. The summed E-state index contributed by atoms with van der Waals surface area (Å²) in [5.74, 6) is -0.389. The Morgan fingerprint density at radius 2 is 1.18 bits per heavy atom. The number of ether oxygens (including phenoxy) is 2. The van der Waals surface area contributed by atoms with E-state index in [0.717, 1.165) is 12.8 Å². The quantitative estimate of drug-likeness (QED) is 0.643. The lowest BCUT2D eigenvalue weighted by molar-refractivity contribution is -0.137. The number of hydrogen-bond donors (Lipinski definition) is 2. The first kappa shape index (κ1) is 20.9. The molecule has 156 valence electrons. The summed E-state index contributed by atoms with van der Waals surface area (Å²) in [5.41, 5.74) is -3.30. The Balaban J connectivity index is 1.91. The zero-order valence-electron chi connectivity index (χ0n) is 17.3. The molecule has 2 fully saturated rings. The van der Waals surface area contributed by atoms with Gasteiger partial charge in [-0.05, 0) is 53.4 Å². The molecule has 0 unspecified atom stereocenters. The van der Waals surface area contributed by atoms with Crippen LogP contribution >= 0.6 is 0 Å². The van der Waals surface area contributed by atoms with Crippen molar-refractivity contribution in [1.82, 2.24) is 10.6 Å². The van der Waals surface area contributed by atoms with E-state index in [0.29, 0.717) is 39.1 Å². The smallest absolute Gasteiger partial charge is 0.258 e. The van der Waals surface area contributed by atoms with E-state index in [1.165, 1.54) is 0 Å². The van der Waals surface area contributed by atoms with E-state index < -0.39 is 22.3 Å². The van der Waals surface area contributed by atoms with Gasteiger partial charge in [-0.2, -0.15) is 0 Å². The topological polar surface area (TPSA) is 101 Å². The number of rotatable bonds is 0. The number of nitrogens with one attached hydrogen (secondary N) is 2. The van der Waals surface area contributed by atoms with E-state index in [9.17, 15) is 9.59 Å². The first-order chi connectivity index (χ1) is 13.1. The second kappa shape index (κ2) is 7.55. The third-order valence-electron chi connectivity index (χ3n) is 5.35. The maximum atomic E-state index is 13.0. The monoisotopic (exact) mass is 392 g/mol. The summed E-state index contributed by atoms with van der Waals surface area (Å²) in [4.78, 5) is 35.0. The summed E-state index contributed by atoms with van der Waals surface area (Å²) in [6.07, 6.45) is 6.00. The average molecular weight is 393 g/mol. The Morgan fingerprint density at radius 1 is 0.786 bits per heavy atom. The van der Waals surface area contributed by atoms with Gasteiger partial charge in [-0.25, -0.2) is 0 Å². The summed E-state index contributed by atoms with van der Waals surface area (Å²) in [6.45, 7) is 9.31. The Kier molecular flexibility index (Phi) is 5.64. The van der Waals surface area contributed by atoms with E-state index in [4.69, 9.17) is 9.47 Å². The summed E-state index contributed by atoms with van der Waals surface area (Å²) < 4.78 is 11.6. The van der Waals surface area contributed by atoms with E-state index in [2.05, 4.69) is 20.6 Å². The van der Waals surface area contributed by atoms with Gasteiger partial charge in [0, 0.05) is 25.6 Å². The number of carbonyl (C=O) groups is 2. The molecule has 0 aliphatic carbocycles. The van der Waals surface area contributed by atoms with Gasteiger partial charge in [0.2, 0.25) is 0 Å². The molecule has 3 heterocycles. The van der Waals surface area contributed by atoms with Crippen molar-refractivity contribution in [3.05, 3.63) is 0 Å².